The molecule has 1 aliphatic heterocycles. The first kappa shape index (κ1) is 17.1. The predicted octanol–water partition coefficient (Wildman–Crippen LogP) is 1.24. The highest BCUT2D eigenvalue weighted by molar-refractivity contribution is 5.97. The molecule has 4 rings (SSSR count). The van der Waals surface area contributed by atoms with Crippen LogP contribution in [0.3, 0.4) is 0 Å². The van der Waals surface area contributed by atoms with Crippen LogP contribution in [0.5, 0.6) is 5.88 Å². The number of likely N-dealkylation sites (tertiary alicyclic amines) is 1. The summed E-state index contributed by atoms with van der Waals surface area (Å²) in [4.78, 5) is 30.7. The Morgan fingerprint density at radius 2 is 2.15 bits per heavy atom. The van der Waals surface area contributed by atoms with Gasteiger partial charge >= 0.3 is 6.09 Å². The van der Waals surface area contributed by atoms with Crippen LogP contribution >= 0.6 is 0 Å². The maximum Gasteiger partial charge on any atom is 0.413 e. The monoisotopic (exact) mass is 368 g/mol. The number of aryl methyl sites for hydroxylation is 1. The summed E-state index contributed by atoms with van der Waals surface area (Å²) in [6.45, 7) is 1.81. The fraction of sp³-hybridized carbons (Fsp3) is 0.333. The van der Waals surface area contributed by atoms with Crippen LogP contribution in [0.2, 0.25) is 0 Å². The molecule has 4 heterocycles. The molecule has 0 unspecified atom stereocenters. The van der Waals surface area contributed by atoms with E-state index in [-0.39, 0.29) is 11.8 Å². The number of imidazole rings is 1. The van der Waals surface area contributed by atoms with Gasteiger partial charge < -0.3 is 19.4 Å². The van der Waals surface area contributed by atoms with E-state index in [0.717, 1.165) is 30.9 Å². The average Bonchev–Trinajstić information content (AvgIpc) is 3.17. The summed E-state index contributed by atoms with van der Waals surface area (Å²) in [6, 6.07) is 5.78. The molecule has 1 aliphatic rings. The lowest BCUT2D eigenvalue weighted by Crippen LogP contribution is -2.42. The highest BCUT2D eigenvalue weighted by atomic mass is 16.6. The van der Waals surface area contributed by atoms with Gasteiger partial charge in [0, 0.05) is 45.5 Å². The SMILES string of the molecule is Cn1ncc(C(=O)N2CCC2)c1OC(=O)NCCc1cn2ccccc2n1. The van der Waals surface area contributed by atoms with E-state index in [1.807, 2.05) is 35.0 Å². The van der Waals surface area contributed by atoms with Gasteiger partial charge in [0.2, 0.25) is 5.88 Å². The number of rotatable bonds is 5. The molecule has 0 saturated carbocycles. The van der Waals surface area contributed by atoms with E-state index in [4.69, 9.17) is 4.74 Å². The van der Waals surface area contributed by atoms with E-state index in [2.05, 4.69) is 15.4 Å². The highest BCUT2D eigenvalue weighted by Gasteiger charge is 2.27. The fourth-order valence-electron chi connectivity index (χ4n) is 2.91. The summed E-state index contributed by atoms with van der Waals surface area (Å²) < 4.78 is 8.64. The molecule has 1 fully saturated rings. The third-order valence-electron chi connectivity index (χ3n) is 4.51. The van der Waals surface area contributed by atoms with Gasteiger partial charge in [-0.2, -0.15) is 5.10 Å². The highest BCUT2D eigenvalue weighted by Crippen LogP contribution is 2.21. The fourth-order valence-corrected chi connectivity index (χ4v) is 2.91. The van der Waals surface area contributed by atoms with E-state index >= 15 is 0 Å². The van der Waals surface area contributed by atoms with Crippen molar-refractivity contribution in [1.29, 1.82) is 0 Å². The first-order valence-electron chi connectivity index (χ1n) is 8.81. The molecule has 2 amide bonds. The molecule has 0 aromatic carbocycles. The Bertz CT molecular complexity index is 955. The second kappa shape index (κ2) is 7.10. The van der Waals surface area contributed by atoms with Gasteiger partial charge in [-0.05, 0) is 18.6 Å². The van der Waals surface area contributed by atoms with Crippen LogP contribution < -0.4 is 10.1 Å². The summed E-state index contributed by atoms with van der Waals surface area (Å²) in [5, 5.41) is 6.72. The van der Waals surface area contributed by atoms with Gasteiger partial charge in [-0.15, -0.1) is 0 Å². The molecule has 1 N–H and O–H groups in total. The van der Waals surface area contributed by atoms with Crippen molar-refractivity contribution in [2.24, 2.45) is 7.05 Å². The molecule has 0 aliphatic carbocycles. The molecule has 9 heteroatoms. The van der Waals surface area contributed by atoms with E-state index in [9.17, 15) is 9.59 Å². The number of amides is 2. The van der Waals surface area contributed by atoms with E-state index < -0.39 is 6.09 Å². The lowest BCUT2D eigenvalue weighted by Gasteiger charge is -2.30. The van der Waals surface area contributed by atoms with Gasteiger partial charge in [0.25, 0.3) is 5.91 Å². The minimum absolute atomic E-state index is 0.150. The first-order chi connectivity index (χ1) is 13.1. The molecular formula is C18H20N6O3. The molecule has 0 bridgehead atoms. The summed E-state index contributed by atoms with van der Waals surface area (Å²) in [7, 11) is 1.63. The summed E-state index contributed by atoms with van der Waals surface area (Å²) in [5.74, 6) is -0.0148. The Kier molecular flexibility index (Phi) is 4.49. The molecule has 0 atom stereocenters. The zero-order valence-corrected chi connectivity index (χ0v) is 15.0. The molecule has 0 radical (unpaired) electrons. The van der Waals surface area contributed by atoms with Gasteiger partial charge in [-0.3, -0.25) is 4.79 Å². The molecule has 1 saturated heterocycles. The summed E-state index contributed by atoms with van der Waals surface area (Å²) >= 11 is 0. The van der Waals surface area contributed by atoms with Crippen molar-refractivity contribution in [3.05, 3.63) is 48.0 Å². The number of nitrogens with one attached hydrogen (secondary N) is 1. The van der Waals surface area contributed by atoms with Crippen LogP contribution in [0.25, 0.3) is 5.65 Å². The number of aromatic nitrogens is 4. The third-order valence-corrected chi connectivity index (χ3v) is 4.51. The van der Waals surface area contributed by atoms with Crippen LogP contribution in [-0.2, 0) is 13.5 Å². The standard InChI is InChI=1S/C18H20N6O3/c1-22-17(14(11-20-22)16(25)23-9-4-10-23)27-18(26)19-7-6-13-12-24-8-3-2-5-15(24)21-13/h2-3,5,8,11-12H,4,6-7,9-10H2,1H3,(H,19,26). The molecule has 140 valence electrons. The number of carbonyl (C=O) groups is 2. The first-order valence-corrected chi connectivity index (χ1v) is 8.81. The number of carbonyl (C=O) groups excluding carboxylic acids is 2. The minimum atomic E-state index is -0.625. The third kappa shape index (κ3) is 3.48. The van der Waals surface area contributed by atoms with Crippen molar-refractivity contribution >= 4 is 17.6 Å². The quantitative estimate of drug-likeness (QED) is 0.731. The Morgan fingerprint density at radius 1 is 1.30 bits per heavy atom. The van der Waals surface area contributed by atoms with E-state index in [0.29, 0.717) is 18.5 Å². The van der Waals surface area contributed by atoms with Crippen LogP contribution in [0.4, 0.5) is 4.79 Å². The van der Waals surface area contributed by atoms with Crippen molar-refractivity contribution in [1.82, 2.24) is 29.4 Å². The van der Waals surface area contributed by atoms with Crippen molar-refractivity contribution < 1.29 is 14.3 Å². The normalized spacial score (nSPS) is 13.4. The Hall–Kier alpha value is -3.36. The van der Waals surface area contributed by atoms with Crippen molar-refractivity contribution in [2.75, 3.05) is 19.6 Å². The second-order valence-electron chi connectivity index (χ2n) is 6.40. The number of ether oxygens (including phenoxy) is 1. The predicted molar refractivity (Wildman–Crippen MR) is 96.7 cm³/mol. The zero-order chi connectivity index (χ0) is 18.8. The maximum absolute atomic E-state index is 12.4. The zero-order valence-electron chi connectivity index (χ0n) is 15.0. The topological polar surface area (TPSA) is 93.8 Å². The minimum Gasteiger partial charge on any atom is -0.391 e. The van der Waals surface area contributed by atoms with Crippen LogP contribution in [0, 0.1) is 0 Å². The molecule has 3 aromatic rings. The van der Waals surface area contributed by atoms with E-state index in [1.54, 1.807) is 11.9 Å². The number of hydrogen-bond donors (Lipinski definition) is 1. The van der Waals surface area contributed by atoms with Crippen LogP contribution in [0.1, 0.15) is 22.5 Å². The maximum atomic E-state index is 12.4. The Morgan fingerprint density at radius 3 is 2.89 bits per heavy atom. The largest absolute Gasteiger partial charge is 0.413 e. The number of hydrogen-bond acceptors (Lipinski definition) is 5. The molecule has 9 nitrogen and oxygen atoms in total. The van der Waals surface area contributed by atoms with Gasteiger partial charge in [0.05, 0.1) is 11.9 Å². The number of nitrogens with zero attached hydrogens (tertiary/aromatic N) is 5. The van der Waals surface area contributed by atoms with Gasteiger partial charge in [-0.25, -0.2) is 14.5 Å². The van der Waals surface area contributed by atoms with Gasteiger partial charge in [0.1, 0.15) is 11.2 Å². The van der Waals surface area contributed by atoms with Gasteiger partial charge in [-0.1, -0.05) is 6.07 Å². The average molecular weight is 368 g/mol. The van der Waals surface area contributed by atoms with Crippen LogP contribution in [-0.4, -0.2) is 55.7 Å². The summed E-state index contributed by atoms with van der Waals surface area (Å²) in [5.41, 5.74) is 2.03. The Labute approximate surface area is 155 Å². The second-order valence-corrected chi connectivity index (χ2v) is 6.40. The van der Waals surface area contributed by atoms with Crippen molar-refractivity contribution in [3.8, 4) is 5.88 Å². The number of pyridine rings is 1. The smallest absolute Gasteiger partial charge is 0.391 e. The lowest BCUT2D eigenvalue weighted by molar-refractivity contribution is 0.0648. The van der Waals surface area contributed by atoms with Crippen molar-refractivity contribution in [2.45, 2.75) is 12.8 Å². The number of fused-ring (bicyclic) bond motifs is 1. The Balaban J connectivity index is 1.34. The summed E-state index contributed by atoms with van der Waals surface area (Å²) in [6.07, 6.45) is 6.22. The van der Waals surface area contributed by atoms with Crippen molar-refractivity contribution in [3.63, 3.8) is 0 Å². The molecule has 0 spiro atoms. The molecule has 3 aromatic heterocycles. The molecular weight excluding hydrogens is 348 g/mol. The van der Waals surface area contributed by atoms with Gasteiger partial charge in [0.15, 0.2) is 0 Å². The van der Waals surface area contributed by atoms with E-state index in [1.165, 1.54) is 10.9 Å². The molecule has 27 heavy (non-hydrogen) atoms. The van der Waals surface area contributed by atoms with Crippen LogP contribution in [0.15, 0.2) is 36.8 Å². The lowest BCUT2D eigenvalue weighted by atomic mass is 10.2.